The van der Waals surface area contributed by atoms with Gasteiger partial charge < -0.3 is 19.5 Å². The van der Waals surface area contributed by atoms with Crippen molar-refractivity contribution in [2.45, 2.75) is 11.3 Å². The van der Waals surface area contributed by atoms with Gasteiger partial charge in [-0.05, 0) is 36.2 Å². The van der Waals surface area contributed by atoms with Crippen molar-refractivity contribution < 1.29 is 27.6 Å². The molecule has 10 nitrogen and oxygen atoms in total. The molecule has 0 aliphatic carbocycles. The van der Waals surface area contributed by atoms with E-state index in [1.54, 1.807) is 0 Å². The van der Waals surface area contributed by atoms with E-state index in [9.17, 15) is 18.5 Å². The van der Waals surface area contributed by atoms with Gasteiger partial charge in [0, 0.05) is 25.7 Å². The molecule has 2 heterocycles. The van der Waals surface area contributed by atoms with E-state index >= 15 is 0 Å². The Hall–Kier alpha value is -2.89. The third kappa shape index (κ3) is 4.73. The van der Waals surface area contributed by atoms with Gasteiger partial charge in [-0.1, -0.05) is 6.07 Å². The number of nitro benzene ring substituents is 1. The second kappa shape index (κ2) is 9.08. The first-order valence-electron chi connectivity index (χ1n) is 9.94. The molecule has 0 atom stereocenters. The largest absolute Gasteiger partial charge is 0.486 e. The predicted molar refractivity (Wildman–Crippen MR) is 112 cm³/mol. The van der Waals surface area contributed by atoms with E-state index in [4.69, 9.17) is 14.2 Å². The van der Waals surface area contributed by atoms with Gasteiger partial charge in [0.1, 0.15) is 18.9 Å². The zero-order valence-corrected chi connectivity index (χ0v) is 17.6. The highest BCUT2D eigenvalue weighted by molar-refractivity contribution is 7.89. The van der Waals surface area contributed by atoms with E-state index in [0.29, 0.717) is 50.9 Å². The van der Waals surface area contributed by atoms with E-state index in [1.807, 2.05) is 18.2 Å². The van der Waals surface area contributed by atoms with Gasteiger partial charge in [-0.3, -0.25) is 10.1 Å². The first kappa shape index (κ1) is 21.3. The summed E-state index contributed by atoms with van der Waals surface area (Å²) in [7, 11) is -3.81. The van der Waals surface area contributed by atoms with Crippen LogP contribution in [0.4, 0.5) is 11.4 Å². The van der Waals surface area contributed by atoms with E-state index < -0.39 is 14.9 Å². The standard InChI is InChI=1S/C20H23N3O7S/c24-23(25)18-14-16(31(26,27)22-7-9-28-10-8-22)2-3-17(18)21-6-5-15-1-4-19-20(13-15)30-12-11-29-19/h1-4,13-14,21H,5-12H2. The van der Waals surface area contributed by atoms with Crippen molar-refractivity contribution in [2.75, 3.05) is 51.4 Å². The van der Waals surface area contributed by atoms with Crippen LogP contribution in [-0.4, -0.2) is 63.7 Å². The molecular weight excluding hydrogens is 426 g/mol. The first-order chi connectivity index (χ1) is 14.9. The monoisotopic (exact) mass is 449 g/mol. The maximum atomic E-state index is 12.8. The highest BCUT2D eigenvalue weighted by Crippen LogP contribution is 2.32. The highest BCUT2D eigenvalue weighted by atomic mass is 32.2. The van der Waals surface area contributed by atoms with Crippen LogP contribution in [0.3, 0.4) is 0 Å². The Morgan fingerprint density at radius 1 is 1.00 bits per heavy atom. The second-order valence-electron chi connectivity index (χ2n) is 7.11. The Kier molecular flexibility index (Phi) is 6.25. The van der Waals surface area contributed by atoms with Crippen LogP contribution in [0.2, 0.25) is 0 Å². The van der Waals surface area contributed by atoms with Gasteiger partial charge in [-0.2, -0.15) is 4.31 Å². The van der Waals surface area contributed by atoms with Gasteiger partial charge in [-0.25, -0.2) is 8.42 Å². The second-order valence-corrected chi connectivity index (χ2v) is 9.05. The lowest BCUT2D eigenvalue weighted by Gasteiger charge is -2.26. The van der Waals surface area contributed by atoms with Crippen molar-refractivity contribution in [1.82, 2.24) is 4.31 Å². The number of morpholine rings is 1. The van der Waals surface area contributed by atoms with Crippen LogP contribution in [0.5, 0.6) is 11.5 Å². The molecule has 31 heavy (non-hydrogen) atoms. The summed E-state index contributed by atoms with van der Waals surface area (Å²) in [6.07, 6.45) is 0.599. The molecule has 0 saturated carbocycles. The minimum atomic E-state index is -3.81. The Labute approximate surface area is 179 Å². The quantitative estimate of drug-likeness (QED) is 0.504. The Morgan fingerprint density at radius 2 is 1.74 bits per heavy atom. The Bertz CT molecular complexity index is 1070. The zero-order chi connectivity index (χ0) is 21.8. The number of rotatable bonds is 7. The average Bonchev–Trinajstić information content (AvgIpc) is 2.79. The van der Waals surface area contributed by atoms with Crippen LogP contribution >= 0.6 is 0 Å². The number of hydrogen-bond donors (Lipinski definition) is 1. The molecular formula is C20H23N3O7S. The number of hydrogen-bond acceptors (Lipinski definition) is 8. The normalized spacial score (nSPS) is 16.6. The molecule has 2 aliphatic rings. The first-order valence-corrected chi connectivity index (χ1v) is 11.4. The third-order valence-corrected chi connectivity index (χ3v) is 7.00. The fourth-order valence-corrected chi connectivity index (χ4v) is 4.92. The van der Waals surface area contributed by atoms with Gasteiger partial charge in [0.05, 0.1) is 23.0 Å². The van der Waals surface area contributed by atoms with E-state index in [-0.39, 0.29) is 29.4 Å². The molecule has 166 valence electrons. The molecule has 1 saturated heterocycles. The SMILES string of the molecule is O=[N+]([O-])c1cc(S(=O)(=O)N2CCOCC2)ccc1NCCc1ccc2c(c1)OCCO2. The molecule has 0 unspecified atom stereocenters. The molecule has 0 amide bonds. The average molecular weight is 449 g/mol. The summed E-state index contributed by atoms with van der Waals surface area (Å²) in [6, 6.07) is 9.60. The van der Waals surface area contributed by atoms with Gasteiger partial charge in [-0.15, -0.1) is 0 Å². The van der Waals surface area contributed by atoms with E-state index in [2.05, 4.69) is 5.32 Å². The van der Waals surface area contributed by atoms with Crippen molar-refractivity contribution in [3.05, 3.63) is 52.1 Å². The smallest absolute Gasteiger partial charge is 0.293 e. The number of sulfonamides is 1. The van der Waals surface area contributed by atoms with Gasteiger partial charge in [0.2, 0.25) is 10.0 Å². The third-order valence-electron chi connectivity index (χ3n) is 5.11. The minimum absolute atomic E-state index is 0.0986. The number of benzene rings is 2. The van der Waals surface area contributed by atoms with Crippen molar-refractivity contribution in [3.8, 4) is 11.5 Å². The summed E-state index contributed by atoms with van der Waals surface area (Å²) >= 11 is 0. The molecule has 0 radical (unpaired) electrons. The molecule has 2 aromatic carbocycles. The molecule has 2 aromatic rings. The van der Waals surface area contributed by atoms with Crippen LogP contribution in [0.1, 0.15) is 5.56 Å². The van der Waals surface area contributed by atoms with Crippen LogP contribution in [-0.2, 0) is 21.2 Å². The van der Waals surface area contributed by atoms with Crippen molar-refractivity contribution in [1.29, 1.82) is 0 Å². The molecule has 0 spiro atoms. The van der Waals surface area contributed by atoms with E-state index in [0.717, 1.165) is 11.6 Å². The summed E-state index contributed by atoms with van der Waals surface area (Å²) in [6.45, 7) is 2.52. The lowest BCUT2D eigenvalue weighted by Crippen LogP contribution is -2.40. The number of nitrogens with zero attached hydrogens (tertiary/aromatic N) is 2. The predicted octanol–water partition coefficient (Wildman–Crippen LogP) is 2.04. The molecule has 0 aromatic heterocycles. The lowest BCUT2D eigenvalue weighted by atomic mass is 10.1. The summed E-state index contributed by atoms with van der Waals surface area (Å²) in [5.41, 5.74) is 0.978. The summed E-state index contributed by atoms with van der Waals surface area (Å²) < 4.78 is 43.1. The van der Waals surface area contributed by atoms with Gasteiger partial charge in [0.15, 0.2) is 11.5 Å². The Balaban J connectivity index is 1.46. The number of fused-ring (bicyclic) bond motifs is 1. The maximum absolute atomic E-state index is 12.8. The van der Waals surface area contributed by atoms with Crippen LogP contribution in [0.15, 0.2) is 41.3 Å². The van der Waals surface area contributed by atoms with Gasteiger partial charge >= 0.3 is 0 Å². The van der Waals surface area contributed by atoms with Crippen molar-refractivity contribution in [3.63, 3.8) is 0 Å². The lowest BCUT2D eigenvalue weighted by molar-refractivity contribution is -0.384. The molecule has 0 bridgehead atoms. The number of nitrogens with one attached hydrogen (secondary N) is 1. The van der Waals surface area contributed by atoms with Crippen molar-refractivity contribution in [2.24, 2.45) is 0 Å². The number of nitro groups is 1. The van der Waals surface area contributed by atoms with Crippen LogP contribution < -0.4 is 14.8 Å². The molecule has 4 rings (SSSR count). The topological polar surface area (TPSA) is 120 Å². The minimum Gasteiger partial charge on any atom is -0.486 e. The number of ether oxygens (including phenoxy) is 3. The highest BCUT2D eigenvalue weighted by Gasteiger charge is 2.28. The van der Waals surface area contributed by atoms with E-state index in [1.165, 1.54) is 16.4 Å². The number of anilines is 1. The summed E-state index contributed by atoms with van der Waals surface area (Å²) in [5, 5.41) is 14.6. The molecule has 11 heteroatoms. The van der Waals surface area contributed by atoms with Crippen LogP contribution in [0.25, 0.3) is 0 Å². The van der Waals surface area contributed by atoms with Gasteiger partial charge in [0.25, 0.3) is 5.69 Å². The summed E-state index contributed by atoms with van der Waals surface area (Å²) in [4.78, 5) is 10.9. The fraction of sp³-hybridized carbons (Fsp3) is 0.400. The van der Waals surface area contributed by atoms with Crippen molar-refractivity contribution >= 4 is 21.4 Å². The fourth-order valence-electron chi connectivity index (χ4n) is 3.49. The zero-order valence-electron chi connectivity index (χ0n) is 16.8. The Morgan fingerprint density at radius 3 is 2.48 bits per heavy atom. The van der Waals surface area contributed by atoms with Crippen LogP contribution in [0, 0.1) is 10.1 Å². The summed E-state index contributed by atoms with van der Waals surface area (Å²) in [5.74, 6) is 1.39. The maximum Gasteiger partial charge on any atom is 0.293 e. The molecule has 2 aliphatic heterocycles. The molecule has 1 fully saturated rings. The molecule has 1 N–H and O–H groups in total.